The lowest BCUT2D eigenvalue weighted by atomic mass is 9.76. The monoisotopic (exact) mass is 829 g/mol. The van der Waals surface area contributed by atoms with Gasteiger partial charge in [-0.15, -0.1) is 0 Å². The molecule has 60 heavy (non-hydrogen) atoms. The van der Waals surface area contributed by atoms with Crippen LogP contribution >= 0.6 is 0 Å². The topological polar surface area (TPSA) is 40.1 Å². The average molecular weight is 829 g/mol. The maximum Gasteiger partial charge on any atom is 0.173 e. The lowest BCUT2D eigenvalue weighted by Crippen LogP contribution is -2.23. The van der Waals surface area contributed by atoms with Crippen molar-refractivity contribution in [2.45, 2.75) is 256 Å². The number of rotatable bonds is 10. The number of carboxylic acids is 1. The van der Waals surface area contributed by atoms with Gasteiger partial charge in [-0.25, -0.2) is 0 Å². The molecule has 0 radical (unpaired) electrons. The Kier molecular flexibility index (Phi) is 16.3. The SMILES string of the molecule is CCC(=O)[O-].c1ccc([S+](c2c(C3CCCCC3)cc(C3CCCCC3)cc2C2CCCCC2)c2c(C3CCCCC3)cc(C3CCCCC3)cc2C2CCCCC2)cc1. The van der Waals surface area contributed by atoms with Crippen LogP contribution in [0.25, 0.3) is 0 Å². The van der Waals surface area contributed by atoms with E-state index in [1.54, 1.807) is 16.0 Å². The second-order valence-electron chi connectivity index (χ2n) is 20.4. The molecule has 0 unspecified atom stereocenters. The van der Waals surface area contributed by atoms with Crippen LogP contribution in [0.15, 0.2) is 69.3 Å². The molecule has 0 saturated heterocycles. The molecule has 0 atom stereocenters. The molecule has 6 fully saturated rings. The quantitative estimate of drug-likeness (QED) is 0.191. The Hall–Kier alpha value is -2.52. The minimum Gasteiger partial charge on any atom is -0.550 e. The molecule has 0 heterocycles. The van der Waals surface area contributed by atoms with Gasteiger partial charge in [-0.1, -0.05) is 165 Å². The summed E-state index contributed by atoms with van der Waals surface area (Å²) in [4.78, 5) is 14.6. The van der Waals surface area contributed by atoms with E-state index in [4.69, 9.17) is 0 Å². The molecular formula is C57H80O2S. The zero-order chi connectivity index (χ0) is 41.1. The van der Waals surface area contributed by atoms with Crippen LogP contribution in [-0.2, 0) is 15.7 Å². The maximum atomic E-state index is 9.26. The summed E-state index contributed by atoms with van der Waals surface area (Å²) in [6.45, 7) is 1.54. The third kappa shape index (κ3) is 10.8. The number of aliphatic carboxylic acids is 1. The zero-order valence-corrected chi connectivity index (χ0v) is 38.6. The summed E-state index contributed by atoms with van der Waals surface area (Å²) >= 11 is 0. The molecular weight excluding hydrogens is 749 g/mol. The first kappa shape index (κ1) is 44.1. The van der Waals surface area contributed by atoms with E-state index in [1.165, 1.54) is 200 Å². The fraction of sp³-hybridized carbons (Fsp3) is 0.667. The standard InChI is InChI=1S/C54H75S.C3H6O2/c1-8-22-40(23-9-1)46-36-49(42-26-12-3-13-27-42)53(50(37-46)43-28-14-4-15-29-43)55(48-34-20-7-21-35-48)54-51(44-30-16-5-17-31-44)38-47(41-24-10-2-11-25-41)39-52(54)45-32-18-6-19-33-45;1-2-3(4)5/h7,20-21,34-45H,1-6,8-19,22-33H2;2H2,1H3,(H,4,5)/q+1;/p-1. The predicted molar refractivity (Wildman–Crippen MR) is 252 cm³/mol. The lowest BCUT2D eigenvalue weighted by Gasteiger charge is -2.34. The Balaban J connectivity index is 0.000000943. The van der Waals surface area contributed by atoms with E-state index in [9.17, 15) is 9.90 Å². The van der Waals surface area contributed by atoms with Crippen LogP contribution in [0.4, 0.5) is 0 Å². The summed E-state index contributed by atoms with van der Waals surface area (Å²) < 4.78 is 0. The molecule has 6 aliphatic carbocycles. The first-order valence-electron chi connectivity index (χ1n) is 25.9. The molecule has 0 aromatic heterocycles. The Morgan fingerprint density at radius 1 is 0.433 bits per heavy atom. The fourth-order valence-electron chi connectivity index (χ4n) is 13.0. The van der Waals surface area contributed by atoms with Crippen molar-refractivity contribution in [2.24, 2.45) is 0 Å². The van der Waals surface area contributed by atoms with Crippen molar-refractivity contribution in [2.75, 3.05) is 0 Å². The number of carboxylic acid groups (broad SMARTS) is 1. The highest BCUT2D eigenvalue weighted by Gasteiger charge is 2.44. The van der Waals surface area contributed by atoms with Gasteiger partial charge in [0.1, 0.15) is 10.9 Å². The molecule has 6 aliphatic rings. The van der Waals surface area contributed by atoms with Gasteiger partial charge in [0.05, 0.1) is 0 Å². The molecule has 3 aromatic carbocycles. The fourth-order valence-corrected chi connectivity index (χ4v) is 15.9. The van der Waals surface area contributed by atoms with Crippen molar-refractivity contribution in [1.29, 1.82) is 0 Å². The molecule has 0 amide bonds. The highest BCUT2D eigenvalue weighted by atomic mass is 32.2. The molecule has 3 heteroatoms. The maximum absolute atomic E-state index is 9.26. The summed E-state index contributed by atoms with van der Waals surface area (Å²) in [7, 11) is -0.0940. The lowest BCUT2D eigenvalue weighted by molar-refractivity contribution is -0.305. The van der Waals surface area contributed by atoms with Crippen molar-refractivity contribution >= 4 is 16.9 Å². The van der Waals surface area contributed by atoms with Gasteiger partial charge in [0, 0.05) is 28.2 Å². The highest BCUT2D eigenvalue weighted by Crippen LogP contribution is 2.54. The summed E-state index contributed by atoms with van der Waals surface area (Å²) in [5.74, 6) is 3.46. The van der Waals surface area contributed by atoms with Crippen LogP contribution < -0.4 is 5.11 Å². The van der Waals surface area contributed by atoms with Crippen LogP contribution in [0.2, 0.25) is 0 Å². The highest BCUT2D eigenvalue weighted by molar-refractivity contribution is 7.97. The van der Waals surface area contributed by atoms with E-state index in [1.807, 2.05) is 32.0 Å². The number of carbonyl (C=O) groups is 1. The second-order valence-corrected chi connectivity index (χ2v) is 22.3. The van der Waals surface area contributed by atoms with Gasteiger partial charge >= 0.3 is 0 Å². The Morgan fingerprint density at radius 2 is 0.683 bits per heavy atom. The minimum absolute atomic E-state index is 0.0940. The van der Waals surface area contributed by atoms with E-state index in [2.05, 4.69) is 54.6 Å². The van der Waals surface area contributed by atoms with Gasteiger partial charge in [0.25, 0.3) is 0 Å². The molecule has 9 rings (SSSR count). The molecule has 3 aromatic rings. The van der Waals surface area contributed by atoms with E-state index in [0.29, 0.717) is 0 Å². The van der Waals surface area contributed by atoms with E-state index >= 15 is 0 Å². The number of benzene rings is 3. The average Bonchev–Trinajstić information content (AvgIpc) is 3.33. The molecule has 0 aliphatic heterocycles. The summed E-state index contributed by atoms with van der Waals surface area (Å²) in [6, 6.07) is 23.9. The van der Waals surface area contributed by atoms with Crippen molar-refractivity contribution < 1.29 is 9.90 Å². The third-order valence-electron chi connectivity index (χ3n) is 16.3. The van der Waals surface area contributed by atoms with Gasteiger partial charge < -0.3 is 9.90 Å². The largest absolute Gasteiger partial charge is 0.550 e. The normalized spacial score (nSPS) is 22.4. The zero-order valence-electron chi connectivity index (χ0n) is 37.8. The summed E-state index contributed by atoms with van der Waals surface area (Å²) in [6.07, 6.45) is 42.8. The van der Waals surface area contributed by atoms with Crippen molar-refractivity contribution in [3.8, 4) is 0 Å². The molecule has 0 bridgehead atoms. The van der Waals surface area contributed by atoms with Gasteiger partial charge in [0.2, 0.25) is 0 Å². The molecule has 0 N–H and O–H groups in total. The van der Waals surface area contributed by atoms with Crippen molar-refractivity contribution in [3.63, 3.8) is 0 Å². The summed E-state index contributed by atoms with van der Waals surface area (Å²) in [5, 5.41) is 9.26. The van der Waals surface area contributed by atoms with Crippen molar-refractivity contribution in [3.05, 3.63) is 88.0 Å². The van der Waals surface area contributed by atoms with Gasteiger partial charge in [-0.05, 0) is 142 Å². The van der Waals surface area contributed by atoms with Gasteiger partial charge in [-0.3, -0.25) is 0 Å². The number of hydrogen-bond acceptors (Lipinski definition) is 2. The van der Waals surface area contributed by atoms with E-state index < -0.39 is 5.97 Å². The van der Waals surface area contributed by atoms with Crippen LogP contribution in [0.1, 0.15) is 275 Å². The Bertz CT molecular complexity index is 1590. The van der Waals surface area contributed by atoms with Crippen LogP contribution in [0, 0.1) is 0 Å². The van der Waals surface area contributed by atoms with Gasteiger partial charge in [-0.2, -0.15) is 0 Å². The molecule has 326 valence electrons. The first-order valence-corrected chi connectivity index (χ1v) is 27.2. The first-order chi connectivity index (χ1) is 29.6. The number of hydrogen-bond donors (Lipinski definition) is 0. The minimum atomic E-state index is -0.995. The Morgan fingerprint density at radius 3 is 0.933 bits per heavy atom. The van der Waals surface area contributed by atoms with E-state index in [-0.39, 0.29) is 17.3 Å². The van der Waals surface area contributed by atoms with Gasteiger partial charge in [0.15, 0.2) is 14.7 Å². The molecule has 2 nitrogen and oxygen atoms in total. The van der Waals surface area contributed by atoms with Crippen molar-refractivity contribution in [1.82, 2.24) is 0 Å². The third-order valence-corrected chi connectivity index (χ3v) is 18.8. The van der Waals surface area contributed by atoms with Crippen LogP contribution in [-0.4, -0.2) is 5.97 Å². The molecule has 6 saturated carbocycles. The summed E-state index contributed by atoms with van der Waals surface area (Å²) in [5.41, 5.74) is 10.9. The smallest absolute Gasteiger partial charge is 0.173 e. The molecule has 0 spiro atoms. The number of carbonyl (C=O) groups excluding carboxylic acids is 1. The van der Waals surface area contributed by atoms with E-state index in [0.717, 1.165) is 35.5 Å². The predicted octanol–water partition coefficient (Wildman–Crippen LogP) is 16.2. The Labute approximate surface area is 369 Å². The van der Waals surface area contributed by atoms with Crippen LogP contribution in [0.5, 0.6) is 0 Å². The second kappa shape index (κ2) is 22.2. The van der Waals surface area contributed by atoms with Crippen LogP contribution in [0.3, 0.4) is 0 Å².